The van der Waals surface area contributed by atoms with Gasteiger partial charge >= 0.3 is 0 Å². The van der Waals surface area contributed by atoms with Crippen molar-refractivity contribution >= 4 is 28.7 Å². The molecule has 0 unspecified atom stereocenters. The smallest absolute Gasteiger partial charge is 0.296 e. The molecule has 0 bridgehead atoms. The fourth-order valence-corrected chi connectivity index (χ4v) is 4.96. The minimum atomic E-state index is -2.78. The summed E-state index contributed by atoms with van der Waals surface area (Å²) in [5.74, 6) is 0.854. The number of amides is 1. The number of morpholine rings is 1. The molecule has 2 aliphatic rings. The monoisotopic (exact) mass is 534 g/mol. The molecule has 1 aromatic carbocycles. The average molecular weight is 535 g/mol. The minimum Gasteiger partial charge on any atom is -0.378 e. The molecule has 0 atom stereocenters. The van der Waals surface area contributed by atoms with Gasteiger partial charge in [0.05, 0.1) is 30.7 Å². The van der Waals surface area contributed by atoms with Crippen LogP contribution in [0.15, 0.2) is 54.7 Å². The van der Waals surface area contributed by atoms with E-state index in [9.17, 15) is 13.6 Å². The van der Waals surface area contributed by atoms with Crippen LogP contribution in [0.3, 0.4) is 0 Å². The van der Waals surface area contributed by atoms with E-state index in [-0.39, 0.29) is 30.2 Å². The quantitative estimate of drug-likeness (QED) is 0.355. The lowest BCUT2D eigenvalue weighted by molar-refractivity contribution is -0.121. The Balaban J connectivity index is 1.22. The first-order valence-electron chi connectivity index (χ1n) is 13.0. The lowest BCUT2D eigenvalue weighted by atomic mass is 9.86. The number of fused-ring (bicyclic) bond motifs is 1. The number of nitrogens with one attached hydrogen (secondary N) is 2. The molecule has 10 nitrogen and oxygen atoms in total. The number of carbonyl (C=O) groups excluding carboxylic acids is 1. The summed E-state index contributed by atoms with van der Waals surface area (Å²) in [6.07, 6.45) is 0.563. The molecule has 2 N–H and O–H groups in total. The third-order valence-corrected chi connectivity index (χ3v) is 6.93. The van der Waals surface area contributed by atoms with Crippen molar-refractivity contribution in [2.45, 2.75) is 37.8 Å². The highest BCUT2D eigenvalue weighted by atomic mass is 19.3. The van der Waals surface area contributed by atoms with E-state index in [1.54, 1.807) is 36.5 Å². The maximum absolute atomic E-state index is 14.1. The molecule has 3 aromatic heterocycles. The summed E-state index contributed by atoms with van der Waals surface area (Å²) in [6, 6.07) is 14.3. The van der Waals surface area contributed by atoms with Crippen molar-refractivity contribution < 1.29 is 18.3 Å². The number of alkyl halides is 2. The summed E-state index contributed by atoms with van der Waals surface area (Å²) in [6.45, 7) is 2.27. The van der Waals surface area contributed by atoms with Gasteiger partial charge in [0.1, 0.15) is 11.6 Å². The van der Waals surface area contributed by atoms with E-state index >= 15 is 0 Å². The number of hydrogen-bond acceptors (Lipinski definition) is 8. The predicted octanol–water partition coefficient (Wildman–Crippen LogP) is 3.29. The van der Waals surface area contributed by atoms with Crippen LogP contribution < -0.4 is 15.5 Å². The third kappa shape index (κ3) is 5.51. The van der Waals surface area contributed by atoms with Crippen LogP contribution in [-0.4, -0.2) is 68.8 Å². The van der Waals surface area contributed by atoms with Crippen molar-refractivity contribution in [1.82, 2.24) is 29.8 Å². The Morgan fingerprint density at radius 1 is 1.03 bits per heavy atom. The van der Waals surface area contributed by atoms with Crippen LogP contribution in [0.4, 0.5) is 20.5 Å². The van der Waals surface area contributed by atoms with Gasteiger partial charge in [-0.3, -0.25) is 14.3 Å². The van der Waals surface area contributed by atoms with Crippen LogP contribution >= 0.6 is 0 Å². The molecule has 39 heavy (non-hydrogen) atoms. The molecule has 6 rings (SSSR count). The van der Waals surface area contributed by atoms with Crippen molar-refractivity contribution in [3.8, 4) is 5.82 Å². The second kappa shape index (κ2) is 10.9. The van der Waals surface area contributed by atoms with Crippen LogP contribution in [0.2, 0.25) is 0 Å². The summed E-state index contributed by atoms with van der Waals surface area (Å²) in [4.78, 5) is 32.2. The molecule has 1 saturated heterocycles. The minimum absolute atomic E-state index is 0.0433. The van der Waals surface area contributed by atoms with Gasteiger partial charge in [-0.05, 0) is 37.1 Å². The van der Waals surface area contributed by atoms with E-state index in [0.717, 1.165) is 18.5 Å². The maximum atomic E-state index is 14.1. The summed E-state index contributed by atoms with van der Waals surface area (Å²) in [5.41, 5.74) is 1.74. The molecule has 202 valence electrons. The molecule has 0 spiro atoms. The number of halogens is 2. The van der Waals surface area contributed by atoms with Crippen molar-refractivity contribution in [3.05, 3.63) is 66.2 Å². The molecule has 1 saturated carbocycles. The van der Waals surface area contributed by atoms with Crippen LogP contribution in [-0.2, 0) is 16.0 Å². The zero-order chi connectivity index (χ0) is 26.8. The topological polar surface area (TPSA) is 110 Å². The number of carbonyl (C=O) groups is 1. The van der Waals surface area contributed by atoms with Crippen molar-refractivity contribution in [2.24, 2.45) is 0 Å². The Kier molecular flexibility index (Phi) is 7.01. The third-order valence-electron chi connectivity index (χ3n) is 6.93. The van der Waals surface area contributed by atoms with Gasteiger partial charge in [0.15, 0.2) is 5.82 Å². The highest BCUT2D eigenvalue weighted by molar-refractivity contribution is 5.79. The van der Waals surface area contributed by atoms with Crippen LogP contribution in [0.1, 0.15) is 30.8 Å². The maximum Gasteiger partial charge on any atom is 0.296 e. The molecule has 1 amide bonds. The molecule has 4 heterocycles. The number of imidazole rings is 1. The number of benzene rings is 1. The number of aromatic nitrogens is 5. The molecule has 1 aliphatic carbocycles. The van der Waals surface area contributed by atoms with E-state index in [1.165, 1.54) is 4.57 Å². The Morgan fingerprint density at radius 3 is 2.59 bits per heavy atom. The Hall–Kier alpha value is -4.19. The molecule has 0 radical (unpaired) electrons. The number of pyridine rings is 1. The summed E-state index contributed by atoms with van der Waals surface area (Å²) < 4.78 is 35.0. The van der Waals surface area contributed by atoms with E-state index < -0.39 is 6.43 Å². The van der Waals surface area contributed by atoms with Gasteiger partial charge in [0.25, 0.3) is 6.43 Å². The summed E-state index contributed by atoms with van der Waals surface area (Å²) >= 11 is 0. The van der Waals surface area contributed by atoms with Gasteiger partial charge in [-0.2, -0.15) is 9.97 Å². The van der Waals surface area contributed by atoms with Gasteiger partial charge in [-0.25, -0.2) is 13.8 Å². The fourth-order valence-electron chi connectivity index (χ4n) is 4.96. The van der Waals surface area contributed by atoms with E-state index in [4.69, 9.17) is 9.72 Å². The van der Waals surface area contributed by atoms with E-state index in [1.807, 2.05) is 23.1 Å². The number of anilines is 2. The first-order valence-corrected chi connectivity index (χ1v) is 13.0. The van der Waals surface area contributed by atoms with E-state index in [2.05, 4.69) is 25.6 Å². The van der Waals surface area contributed by atoms with Crippen molar-refractivity contribution in [1.29, 1.82) is 0 Å². The van der Waals surface area contributed by atoms with Crippen LogP contribution in [0, 0.1) is 0 Å². The average Bonchev–Trinajstić information content (AvgIpc) is 3.33. The number of nitrogens with zero attached hydrogens (tertiary/aromatic N) is 6. The number of ether oxygens (including phenoxy) is 1. The molecule has 12 heteroatoms. The SMILES string of the molecule is O=C(Cc1ccccn1)N[C@H]1C[C@H](Nc2cc(-n3c(C(F)F)nc4ccccc43)nc(N3CCOCC3)n2)C1. The number of para-hydroxylation sites is 2. The van der Waals surface area contributed by atoms with Crippen LogP contribution in [0.5, 0.6) is 0 Å². The van der Waals surface area contributed by atoms with Crippen molar-refractivity contribution in [3.63, 3.8) is 0 Å². The standard InChI is InChI=1S/C27H28F2N8O2/c28-25(29)26-33-20-6-1-2-7-21(20)37(26)23-16-22(34-27(35-23)36-9-11-39-12-10-36)31-18-13-19(14-18)32-24(38)15-17-5-3-4-8-30-17/h1-8,16,18-19,25H,9-15H2,(H,32,38)(H,31,34,35)/t18-,19-. The second-order valence-corrected chi connectivity index (χ2v) is 9.68. The molecular weight excluding hydrogens is 506 g/mol. The fraction of sp³-hybridized carbons (Fsp3) is 0.370. The lowest BCUT2D eigenvalue weighted by Gasteiger charge is -2.37. The largest absolute Gasteiger partial charge is 0.378 e. The Morgan fingerprint density at radius 2 is 1.82 bits per heavy atom. The van der Waals surface area contributed by atoms with Crippen LogP contribution in [0.25, 0.3) is 16.9 Å². The molecular formula is C27H28F2N8O2. The molecule has 4 aromatic rings. The highest BCUT2D eigenvalue weighted by Crippen LogP contribution is 2.30. The van der Waals surface area contributed by atoms with E-state index in [0.29, 0.717) is 54.9 Å². The highest BCUT2D eigenvalue weighted by Gasteiger charge is 2.31. The lowest BCUT2D eigenvalue weighted by Crippen LogP contribution is -2.50. The number of hydrogen-bond donors (Lipinski definition) is 2. The second-order valence-electron chi connectivity index (χ2n) is 9.68. The first-order chi connectivity index (χ1) is 19.0. The molecule has 2 fully saturated rings. The van der Waals surface area contributed by atoms with Gasteiger partial charge in [0.2, 0.25) is 11.9 Å². The van der Waals surface area contributed by atoms with Gasteiger partial charge < -0.3 is 20.3 Å². The predicted molar refractivity (Wildman–Crippen MR) is 141 cm³/mol. The van der Waals surface area contributed by atoms with Crippen molar-refractivity contribution in [2.75, 3.05) is 36.5 Å². The Labute approximate surface area is 223 Å². The van der Waals surface area contributed by atoms with Gasteiger partial charge in [-0.15, -0.1) is 0 Å². The first kappa shape index (κ1) is 25.1. The zero-order valence-corrected chi connectivity index (χ0v) is 21.1. The van der Waals surface area contributed by atoms with Gasteiger partial charge in [-0.1, -0.05) is 18.2 Å². The molecule has 1 aliphatic heterocycles. The van der Waals surface area contributed by atoms with Gasteiger partial charge in [0, 0.05) is 43.1 Å². The Bertz CT molecular complexity index is 1450. The summed E-state index contributed by atoms with van der Waals surface area (Å²) in [5, 5.41) is 6.46. The normalized spacial score (nSPS) is 19.2. The summed E-state index contributed by atoms with van der Waals surface area (Å²) in [7, 11) is 0. The zero-order valence-electron chi connectivity index (χ0n) is 21.1. The number of rotatable bonds is 8.